The highest BCUT2D eigenvalue weighted by atomic mass is 32.1. The standard InChI is InChI=1S/C22H31N3O3S/c1-6-10-28-18-13-16(24-19(26)12-15(2)14-22(3,4)5)7-8-17(18)20(27)25-21-23-9-11-29-21/h7-9,11,13,15H,6,10,12,14H2,1-5H3,(H,24,26)(H,23,25,27). The van der Waals surface area contributed by atoms with Crippen molar-refractivity contribution >= 4 is 34.0 Å². The second kappa shape index (κ2) is 10.4. The molecule has 0 saturated carbocycles. The molecule has 1 heterocycles. The van der Waals surface area contributed by atoms with Crippen LogP contribution in [0.4, 0.5) is 10.8 Å². The molecule has 1 aromatic carbocycles. The van der Waals surface area contributed by atoms with E-state index >= 15 is 0 Å². The maximum absolute atomic E-state index is 12.6. The molecule has 2 amide bonds. The fraction of sp³-hybridized carbons (Fsp3) is 0.500. The predicted molar refractivity (Wildman–Crippen MR) is 119 cm³/mol. The van der Waals surface area contributed by atoms with E-state index in [0.717, 1.165) is 12.8 Å². The van der Waals surface area contributed by atoms with E-state index in [1.54, 1.807) is 29.8 Å². The third-order valence-electron chi connectivity index (χ3n) is 4.12. The van der Waals surface area contributed by atoms with Crippen molar-refractivity contribution in [2.24, 2.45) is 11.3 Å². The number of nitrogens with zero attached hydrogens (tertiary/aromatic N) is 1. The van der Waals surface area contributed by atoms with E-state index in [1.165, 1.54) is 11.3 Å². The molecule has 0 spiro atoms. The van der Waals surface area contributed by atoms with Crippen molar-refractivity contribution in [1.82, 2.24) is 4.98 Å². The van der Waals surface area contributed by atoms with Crippen LogP contribution in [-0.4, -0.2) is 23.4 Å². The third kappa shape index (κ3) is 7.85. The van der Waals surface area contributed by atoms with Crippen molar-refractivity contribution in [1.29, 1.82) is 0 Å². The van der Waals surface area contributed by atoms with Gasteiger partial charge in [-0.15, -0.1) is 11.3 Å². The summed E-state index contributed by atoms with van der Waals surface area (Å²) in [6.07, 6.45) is 3.87. The van der Waals surface area contributed by atoms with Crippen LogP contribution in [0.2, 0.25) is 0 Å². The zero-order valence-electron chi connectivity index (χ0n) is 17.9. The van der Waals surface area contributed by atoms with E-state index in [9.17, 15) is 9.59 Å². The largest absolute Gasteiger partial charge is 0.493 e. The van der Waals surface area contributed by atoms with Crippen molar-refractivity contribution in [3.63, 3.8) is 0 Å². The molecule has 6 nitrogen and oxygen atoms in total. The van der Waals surface area contributed by atoms with Crippen molar-refractivity contribution in [3.8, 4) is 5.75 Å². The zero-order valence-corrected chi connectivity index (χ0v) is 18.7. The van der Waals surface area contributed by atoms with Gasteiger partial charge in [-0.3, -0.25) is 14.9 Å². The first kappa shape index (κ1) is 22.9. The van der Waals surface area contributed by atoms with Crippen LogP contribution in [0.3, 0.4) is 0 Å². The first-order valence-corrected chi connectivity index (χ1v) is 10.8. The second-order valence-electron chi connectivity index (χ2n) is 8.47. The van der Waals surface area contributed by atoms with Gasteiger partial charge in [0.2, 0.25) is 5.91 Å². The maximum Gasteiger partial charge on any atom is 0.261 e. The minimum Gasteiger partial charge on any atom is -0.493 e. The summed E-state index contributed by atoms with van der Waals surface area (Å²) < 4.78 is 5.77. The van der Waals surface area contributed by atoms with E-state index in [0.29, 0.717) is 35.2 Å². The van der Waals surface area contributed by atoms with Crippen LogP contribution in [0.1, 0.15) is 64.2 Å². The minimum atomic E-state index is -0.289. The Hall–Kier alpha value is -2.41. The molecule has 2 rings (SSSR count). The van der Waals surface area contributed by atoms with E-state index < -0.39 is 0 Å². The third-order valence-corrected chi connectivity index (χ3v) is 4.81. The first-order valence-electron chi connectivity index (χ1n) is 9.95. The van der Waals surface area contributed by atoms with Crippen molar-refractivity contribution < 1.29 is 14.3 Å². The molecule has 0 fully saturated rings. The number of carbonyl (C=O) groups is 2. The van der Waals surface area contributed by atoms with Gasteiger partial charge in [0.05, 0.1) is 12.2 Å². The van der Waals surface area contributed by atoms with Gasteiger partial charge in [0.15, 0.2) is 5.13 Å². The highest BCUT2D eigenvalue weighted by Gasteiger charge is 2.19. The number of rotatable bonds is 9. The maximum atomic E-state index is 12.6. The summed E-state index contributed by atoms with van der Waals surface area (Å²) in [4.78, 5) is 29.1. The molecule has 2 N–H and O–H groups in total. The lowest BCUT2D eigenvalue weighted by molar-refractivity contribution is -0.117. The number of benzene rings is 1. The number of hydrogen-bond acceptors (Lipinski definition) is 5. The molecule has 0 aliphatic carbocycles. The van der Waals surface area contributed by atoms with Gasteiger partial charge in [0, 0.05) is 29.8 Å². The normalized spacial score (nSPS) is 12.3. The van der Waals surface area contributed by atoms with Crippen LogP contribution < -0.4 is 15.4 Å². The number of aromatic nitrogens is 1. The summed E-state index contributed by atoms with van der Waals surface area (Å²) in [5.74, 6) is 0.404. The Kier molecular flexibility index (Phi) is 8.20. The van der Waals surface area contributed by atoms with E-state index in [2.05, 4.69) is 43.3 Å². The Morgan fingerprint density at radius 2 is 2.00 bits per heavy atom. The van der Waals surface area contributed by atoms with Crippen LogP contribution in [0.15, 0.2) is 29.8 Å². The molecule has 158 valence electrons. The number of anilines is 2. The molecule has 1 aromatic heterocycles. The minimum absolute atomic E-state index is 0.0387. The summed E-state index contributed by atoms with van der Waals surface area (Å²) in [5.41, 5.74) is 1.22. The van der Waals surface area contributed by atoms with Gasteiger partial charge in [-0.1, -0.05) is 34.6 Å². The quantitative estimate of drug-likeness (QED) is 0.558. The molecule has 0 radical (unpaired) electrons. The first-order chi connectivity index (χ1) is 13.7. The van der Waals surface area contributed by atoms with Crippen LogP contribution in [-0.2, 0) is 4.79 Å². The van der Waals surface area contributed by atoms with Crippen LogP contribution in [0.25, 0.3) is 0 Å². The molecular weight excluding hydrogens is 386 g/mol. The predicted octanol–water partition coefficient (Wildman–Crippen LogP) is 5.59. The Bertz CT molecular complexity index is 813. The Balaban J connectivity index is 2.09. The fourth-order valence-electron chi connectivity index (χ4n) is 3.21. The zero-order chi connectivity index (χ0) is 21.4. The average molecular weight is 418 g/mol. The molecule has 2 aromatic rings. The highest BCUT2D eigenvalue weighted by Crippen LogP contribution is 2.28. The highest BCUT2D eigenvalue weighted by molar-refractivity contribution is 7.13. The lowest BCUT2D eigenvalue weighted by Gasteiger charge is -2.22. The number of hydrogen-bond donors (Lipinski definition) is 2. The van der Waals surface area contributed by atoms with Gasteiger partial charge in [0.1, 0.15) is 5.75 Å². The summed E-state index contributed by atoms with van der Waals surface area (Å²) in [7, 11) is 0. The Morgan fingerprint density at radius 3 is 2.62 bits per heavy atom. The summed E-state index contributed by atoms with van der Waals surface area (Å²) in [6, 6.07) is 5.10. The van der Waals surface area contributed by atoms with Crippen molar-refractivity contribution in [2.75, 3.05) is 17.2 Å². The number of amides is 2. The topological polar surface area (TPSA) is 80.3 Å². The number of carbonyl (C=O) groups excluding carboxylic acids is 2. The van der Waals surface area contributed by atoms with Gasteiger partial charge < -0.3 is 10.1 Å². The molecular formula is C22H31N3O3S. The summed E-state index contributed by atoms with van der Waals surface area (Å²) in [5, 5.41) is 8.01. The molecule has 7 heteroatoms. The number of thiazole rings is 1. The molecule has 0 bridgehead atoms. The summed E-state index contributed by atoms with van der Waals surface area (Å²) in [6.45, 7) is 11.1. The van der Waals surface area contributed by atoms with E-state index in [4.69, 9.17) is 4.74 Å². The van der Waals surface area contributed by atoms with Crippen molar-refractivity contribution in [2.45, 2.75) is 53.9 Å². The van der Waals surface area contributed by atoms with Gasteiger partial charge in [-0.05, 0) is 36.3 Å². The molecule has 0 aliphatic rings. The van der Waals surface area contributed by atoms with Crippen molar-refractivity contribution in [3.05, 3.63) is 35.3 Å². The van der Waals surface area contributed by atoms with E-state index in [-0.39, 0.29) is 23.1 Å². The Labute approximate surface area is 177 Å². The van der Waals surface area contributed by atoms with Crippen LogP contribution in [0.5, 0.6) is 5.75 Å². The lowest BCUT2D eigenvalue weighted by Crippen LogP contribution is -2.19. The smallest absolute Gasteiger partial charge is 0.261 e. The second-order valence-corrected chi connectivity index (χ2v) is 9.37. The van der Waals surface area contributed by atoms with Gasteiger partial charge in [-0.2, -0.15) is 0 Å². The Morgan fingerprint density at radius 1 is 1.24 bits per heavy atom. The molecule has 0 saturated heterocycles. The van der Waals surface area contributed by atoms with Gasteiger partial charge in [0.25, 0.3) is 5.91 Å². The molecule has 1 atom stereocenters. The number of ether oxygens (including phenoxy) is 1. The van der Waals surface area contributed by atoms with E-state index in [1.807, 2.05) is 6.92 Å². The van der Waals surface area contributed by atoms with Gasteiger partial charge in [-0.25, -0.2) is 4.98 Å². The monoisotopic (exact) mass is 417 g/mol. The fourth-order valence-corrected chi connectivity index (χ4v) is 3.74. The average Bonchev–Trinajstić information content (AvgIpc) is 3.11. The van der Waals surface area contributed by atoms with Crippen LogP contribution >= 0.6 is 11.3 Å². The van der Waals surface area contributed by atoms with Crippen LogP contribution in [0, 0.1) is 11.3 Å². The number of nitrogens with one attached hydrogen (secondary N) is 2. The molecule has 29 heavy (non-hydrogen) atoms. The SMILES string of the molecule is CCCOc1cc(NC(=O)CC(C)CC(C)(C)C)ccc1C(=O)Nc1nccs1. The molecule has 0 aliphatic heterocycles. The lowest BCUT2D eigenvalue weighted by atomic mass is 9.84. The summed E-state index contributed by atoms with van der Waals surface area (Å²) >= 11 is 1.35. The van der Waals surface area contributed by atoms with Gasteiger partial charge >= 0.3 is 0 Å². The molecule has 1 unspecified atom stereocenters.